The molecule has 2 aromatic carbocycles. The molecular formula is C22H20N2O3S. The molecule has 142 valence electrons. The highest BCUT2D eigenvalue weighted by atomic mass is 32.1. The standard InChI is InChI=1S/C22H20N2O3S/c1-3-13-12(2)28-22(19(13)20(23)25)24-21(26)18-14-8-4-6-10-16(14)27-17-11-7-5-9-15(17)18/h4-11,18H,3H2,1-2H3,(H2,23,25)(H,24,26). The molecule has 4 rings (SSSR count). The van der Waals surface area contributed by atoms with E-state index in [9.17, 15) is 9.59 Å². The summed E-state index contributed by atoms with van der Waals surface area (Å²) in [5.41, 5.74) is 8.50. The molecule has 0 bridgehead atoms. The molecule has 3 aromatic rings. The maximum Gasteiger partial charge on any atom is 0.251 e. The Labute approximate surface area is 167 Å². The predicted octanol–water partition coefficient (Wildman–Crippen LogP) is 4.59. The van der Waals surface area contributed by atoms with Crippen LogP contribution in [0.5, 0.6) is 11.5 Å². The first kappa shape index (κ1) is 18.3. The summed E-state index contributed by atoms with van der Waals surface area (Å²) < 4.78 is 5.96. The van der Waals surface area contributed by atoms with Gasteiger partial charge in [0, 0.05) is 16.0 Å². The zero-order chi connectivity index (χ0) is 19.8. The Hall–Kier alpha value is -3.12. The van der Waals surface area contributed by atoms with Gasteiger partial charge in [0.05, 0.1) is 11.5 Å². The quantitative estimate of drug-likeness (QED) is 0.681. The Morgan fingerprint density at radius 2 is 1.64 bits per heavy atom. The van der Waals surface area contributed by atoms with Gasteiger partial charge in [0.25, 0.3) is 5.91 Å². The van der Waals surface area contributed by atoms with Gasteiger partial charge in [0.15, 0.2) is 0 Å². The average molecular weight is 392 g/mol. The Balaban J connectivity index is 1.77. The first-order valence-corrected chi connectivity index (χ1v) is 9.91. The van der Waals surface area contributed by atoms with E-state index in [1.807, 2.05) is 62.4 Å². The van der Waals surface area contributed by atoms with Crippen molar-refractivity contribution in [2.45, 2.75) is 26.2 Å². The number of carbonyl (C=O) groups is 2. The minimum absolute atomic E-state index is 0.213. The summed E-state index contributed by atoms with van der Waals surface area (Å²) in [6.07, 6.45) is 0.680. The first-order chi connectivity index (χ1) is 13.5. The van der Waals surface area contributed by atoms with Crippen LogP contribution in [0.3, 0.4) is 0 Å². The van der Waals surface area contributed by atoms with E-state index < -0.39 is 11.8 Å². The topological polar surface area (TPSA) is 81.4 Å². The van der Waals surface area contributed by atoms with Crippen molar-refractivity contribution in [2.75, 3.05) is 5.32 Å². The number of primary amides is 1. The minimum Gasteiger partial charge on any atom is -0.457 e. The fraction of sp³-hybridized carbons (Fsp3) is 0.182. The molecular weight excluding hydrogens is 372 g/mol. The number of fused-ring (bicyclic) bond motifs is 2. The number of amides is 2. The van der Waals surface area contributed by atoms with Crippen molar-refractivity contribution in [3.63, 3.8) is 0 Å². The SMILES string of the molecule is CCc1c(C)sc(NC(=O)C2c3ccccc3Oc3ccccc32)c1C(N)=O. The first-order valence-electron chi connectivity index (χ1n) is 9.09. The van der Waals surface area contributed by atoms with E-state index >= 15 is 0 Å². The molecule has 0 saturated carbocycles. The molecule has 5 nitrogen and oxygen atoms in total. The van der Waals surface area contributed by atoms with E-state index in [-0.39, 0.29) is 5.91 Å². The number of nitrogens with two attached hydrogens (primary N) is 1. The van der Waals surface area contributed by atoms with Crippen molar-refractivity contribution in [3.8, 4) is 11.5 Å². The Kier molecular flexibility index (Phi) is 4.65. The molecule has 0 unspecified atom stereocenters. The van der Waals surface area contributed by atoms with E-state index in [1.165, 1.54) is 11.3 Å². The van der Waals surface area contributed by atoms with Gasteiger partial charge in [-0.15, -0.1) is 11.3 Å². The largest absolute Gasteiger partial charge is 0.457 e. The van der Waals surface area contributed by atoms with E-state index in [4.69, 9.17) is 10.5 Å². The van der Waals surface area contributed by atoms with E-state index in [1.54, 1.807) is 0 Å². The summed E-state index contributed by atoms with van der Waals surface area (Å²) in [6, 6.07) is 15.0. The monoisotopic (exact) mass is 392 g/mol. The summed E-state index contributed by atoms with van der Waals surface area (Å²) >= 11 is 1.38. The van der Waals surface area contributed by atoms with Crippen molar-refractivity contribution >= 4 is 28.2 Å². The molecule has 2 amide bonds. The number of hydrogen-bond acceptors (Lipinski definition) is 4. The molecule has 0 atom stereocenters. The van der Waals surface area contributed by atoms with Crippen LogP contribution in [0.2, 0.25) is 0 Å². The van der Waals surface area contributed by atoms with Gasteiger partial charge in [-0.1, -0.05) is 43.3 Å². The van der Waals surface area contributed by atoms with Gasteiger partial charge in [-0.25, -0.2) is 0 Å². The van der Waals surface area contributed by atoms with Gasteiger partial charge in [-0.2, -0.15) is 0 Å². The third-order valence-corrected chi connectivity index (χ3v) is 6.05. The molecule has 0 fully saturated rings. The van der Waals surface area contributed by atoms with Crippen molar-refractivity contribution < 1.29 is 14.3 Å². The molecule has 28 heavy (non-hydrogen) atoms. The summed E-state index contributed by atoms with van der Waals surface area (Å²) in [6.45, 7) is 3.91. The molecule has 1 aromatic heterocycles. The lowest BCUT2D eigenvalue weighted by molar-refractivity contribution is -0.116. The highest BCUT2D eigenvalue weighted by molar-refractivity contribution is 7.16. The number of hydrogen-bond donors (Lipinski definition) is 2. The zero-order valence-corrected chi connectivity index (χ0v) is 16.4. The third kappa shape index (κ3) is 2.96. The maximum atomic E-state index is 13.4. The van der Waals surface area contributed by atoms with E-state index in [2.05, 4.69) is 5.32 Å². The maximum absolute atomic E-state index is 13.4. The second kappa shape index (κ2) is 7.13. The van der Waals surface area contributed by atoms with Crippen molar-refractivity contribution in [1.82, 2.24) is 0 Å². The number of thiophene rings is 1. The number of aryl methyl sites for hydroxylation is 1. The summed E-state index contributed by atoms with van der Waals surface area (Å²) in [5.74, 6) is 0.0504. The van der Waals surface area contributed by atoms with Crippen LogP contribution in [0.25, 0.3) is 0 Å². The summed E-state index contributed by atoms with van der Waals surface area (Å²) in [7, 11) is 0. The number of ether oxygens (including phenoxy) is 1. The normalized spacial score (nSPS) is 12.6. The average Bonchev–Trinajstić information content (AvgIpc) is 3.00. The second-order valence-electron chi connectivity index (χ2n) is 6.66. The van der Waals surface area contributed by atoms with E-state index in [0.29, 0.717) is 28.5 Å². The van der Waals surface area contributed by atoms with Gasteiger partial charge in [-0.3, -0.25) is 9.59 Å². The fourth-order valence-electron chi connectivity index (χ4n) is 3.73. The molecule has 0 aliphatic carbocycles. The zero-order valence-electron chi connectivity index (χ0n) is 15.6. The van der Waals surface area contributed by atoms with Crippen LogP contribution in [-0.2, 0) is 11.2 Å². The summed E-state index contributed by atoms with van der Waals surface area (Å²) in [5, 5.41) is 3.47. The van der Waals surface area contributed by atoms with Crippen LogP contribution < -0.4 is 15.8 Å². The predicted molar refractivity (Wildman–Crippen MR) is 110 cm³/mol. The lowest BCUT2D eigenvalue weighted by Crippen LogP contribution is -2.26. The number of para-hydroxylation sites is 2. The Morgan fingerprint density at radius 3 is 2.18 bits per heavy atom. The molecule has 1 aliphatic heterocycles. The van der Waals surface area contributed by atoms with Crippen LogP contribution in [-0.4, -0.2) is 11.8 Å². The van der Waals surface area contributed by atoms with Crippen molar-refractivity contribution in [1.29, 1.82) is 0 Å². The molecule has 0 spiro atoms. The molecule has 2 heterocycles. The molecule has 1 aliphatic rings. The van der Waals surface area contributed by atoms with Crippen LogP contribution in [0.15, 0.2) is 48.5 Å². The third-order valence-electron chi connectivity index (χ3n) is 4.99. The minimum atomic E-state index is -0.533. The number of benzene rings is 2. The van der Waals surface area contributed by atoms with Crippen molar-refractivity contribution in [3.05, 3.63) is 75.7 Å². The lowest BCUT2D eigenvalue weighted by Gasteiger charge is -2.27. The van der Waals surface area contributed by atoms with Crippen molar-refractivity contribution in [2.24, 2.45) is 5.73 Å². The molecule has 0 radical (unpaired) electrons. The Morgan fingerprint density at radius 1 is 1.07 bits per heavy atom. The Bertz CT molecular complexity index is 1040. The lowest BCUT2D eigenvalue weighted by atomic mass is 9.87. The van der Waals surface area contributed by atoms with Crippen LogP contribution in [0.4, 0.5) is 5.00 Å². The van der Waals surface area contributed by atoms with Crippen LogP contribution in [0, 0.1) is 6.92 Å². The van der Waals surface area contributed by atoms with Crippen LogP contribution in [0.1, 0.15) is 44.8 Å². The number of nitrogens with one attached hydrogen (secondary N) is 1. The number of rotatable bonds is 4. The molecule has 3 N–H and O–H groups in total. The number of anilines is 1. The van der Waals surface area contributed by atoms with Crippen LogP contribution >= 0.6 is 11.3 Å². The molecule has 0 saturated heterocycles. The smallest absolute Gasteiger partial charge is 0.251 e. The fourth-order valence-corrected chi connectivity index (χ4v) is 4.88. The summed E-state index contributed by atoms with van der Waals surface area (Å²) in [4.78, 5) is 26.4. The van der Waals surface area contributed by atoms with Gasteiger partial charge >= 0.3 is 0 Å². The second-order valence-corrected chi connectivity index (χ2v) is 7.88. The van der Waals surface area contributed by atoms with E-state index in [0.717, 1.165) is 21.6 Å². The highest BCUT2D eigenvalue weighted by Crippen LogP contribution is 2.45. The van der Waals surface area contributed by atoms with Gasteiger partial charge in [0.2, 0.25) is 5.91 Å². The van der Waals surface area contributed by atoms with Gasteiger partial charge in [-0.05, 0) is 31.0 Å². The van der Waals surface area contributed by atoms with Gasteiger partial charge in [0.1, 0.15) is 16.5 Å². The highest BCUT2D eigenvalue weighted by Gasteiger charge is 2.33. The van der Waals surface area contributed by atoms with Gasteiger partial charge < -0.3 is 15.8 Å². The number of carbonyl (C=O) groups excluding carboxylic acids is 2. The molecule has 6 heteroatoms.